The summed E-state index contributed by atoms with van der Waals surface area (Å²) in [6.45, 7) is 0. The molecular weight excluding hydrogens is 176 g/mol. The Morgan fingerprint density at radius 1 is 1.42 bits per heavy atom. The fraction of sp³-hybridized carbons (Fsp3) is 0.143. The van der Waals surface area contributed by atoms with E-state index >= 15 is 0 Å². The zero-order valence-corrected chi connectivity index (χ0v) is 7.41. The van der Waals surface area contributed by atoms with E-state index in [9.17, 15) is 4.21 Å². The molecule has 0 aromatic heterocycles. The Kier molecular flexibility index (Phi) is 3.21. The minimum atomic E-state index is -1.99. The molecule has 0 aliphatic rings. The van der Waals surface area contributed by atoms with E-state index in [2.05, 4.69) is 5.43 Å². The molecular formula is C7H10N2O2S. The van der Waals surface area contributed by atoms with Crippen LogP contribution < -0.4 is 5.43 Å². The van der Waals surface area contributed by atoms with Gasteiger partial charge in [-0.2, -0.15) is 0 Å². The Morgan fingerprint density at radius 2 is 2.00 bits per heavy atom. The molecule has 2 N–H and O–H groups in total. The predicted octanol–water partition coefficient (Wildman–Crippen LogP) is 1.08. The number of hydrogen-bond donors (Lipinski definition) is 2. The summed E-state index contributed by atoms with van der Waals surface area (Å²) in [5, 5.41) is 0. The lowest BCUT2D eigenvalue weighted by Gasteiger charge is -2.13. The van der Waals surface area contributed by atoms with Crippen LogP contribution in [0.15, 0.2) is 30.3 Å². The Bertz CT molecular complexity index is 265. The molecule has 1 atom stereocenters. The summed E-state index contributed by atoms with van der Waals surface area (Å²) in [7, 11) is 1.49. The van der Waals surface area contributed by atoms with Crippen molar-refractivity contribution < 1.29 is 8.76 Å². The molecule has 0 amide bonds. The fourth-order valence-corrected chi connectivity index (χ4v) is 0.917. The van der Waals surface area contributed by atoms with E-state index in [1.165, 1.54) is 7.05 Å². The van der Waals surface area contributed by atoms with Gasteiger partial charge in [0.05, 0.1) is 5.69 Å². The topological polar surface area (TPSA) is 52.6 Å². The first-order chi connectivity index (χ1) is 5.70. The number of hydrogen-bond acceptors (Lipinski definition) is 2. The maximum atomic E-state index is 10.5. The molecule has 0 saturated carbocycles. The highest BCUT2D eigenvalue weighted by Gasteiger charge is 2.01. The van der Waals surface area contributed by atoms with Crippen LogP contribution in [0.2, 0.25) is 0 Å². The van der Waals surface area contributed by atoms with Crippen LogP contribution in [0.3, 0.4) is 0 Å². The van der Waals surface area contributed by atoms with Crippen LogP contribution in [0, 0.1) is 0 Å². The molecule has 0 heterocycles. The van der Waals surface area contributed by atoms with Gasteiger partial charge in [-0.15, -0.1) is 4.41 Å². The van der Waals surface area contributed by atoms with E-state index in [1.807, 2.05) is 30.3 Å². The Labute approximate surface area is 73.6 Å². The molecule has 1 aromatic carbocycles. The zero-order valence-electron chi connectivity index (χ0n) is 6.60. The van der Waals surface area contributed by atoms with Crippen LogP contribution in [-0.2, 0) is 11.3 Å². The number of rotatable bonds is 3. The Hall–Kier alpha value is -0.910. The molecule has 0 aliphatic carbocycles. The van der Waals surface area contributed by atoms with E-state index in [0.717, 1.165) is 10.1 Å². The Balaban J connectivity index is 2.58. The SMILES string of the molecule is CN(Nc1ccccc1)S(=O)O. The number of nitrogens with one attached hydrogen (secondary N) is 1. The maximum Gasteiger partial charge on any atom is 0.252 e. The molecule has 0 aliphatic heterocycles. The van der Waals surface area contributed by atoms with Crippen molar-refractivity contribution in [3.8, 4) is 0 Å². The third-order valence-electron chi connectivity index (χ3n) is 1.29. The highest BCUT2D eigenvalue weighted by Crippen LogP contribution is 2.05. The van der Waals surface area contributed by atoms with Crippen LogP contribution in [0.25, 0.3) is 0 Å². The first kappa shape index (κ1) is 9.18. The number of nitrogens with zero attached hydrogens (tertiary/aromatic N) is 1. The van der Waals surface area contributed by atoms with E-state index in [0.29, 0.717) is 0 Å². The van der Waals surface area contributed by atoms with Gasteiger partial charge < -0.3 is 5.43 Å². The van der Waals surface area contributed by atoms with Crippen molar-refractivity contribution in [2.24, 2.45) is 0 Å². The minimum Gasteiger partial charge on any atom is -0.306 e. The van der Waals surface area contributed by atoms with Crippen molar-refractivity contribution in [3.05, 3.63) is 30.3 Å². The number of hydrazine groups is 1. The molecule has 1 aromatic rings. The normalized spacial score (nSPS) is 12.9. The van der Waals surface area contributed by atoms with Crippen molar-refractivity contribution in [2.45, 2.75) is 0 Å². The highest BCUT2D eigenvalue weighted by atomic mass is 32.2. The quantitative estimate of drug-likeness (QED) is 0.548. The second kappa shape index (κ2) is 4.20. The summed E-state index contributed by atoms with van der Waals surface area (Å²) in [6.07, 6.45) is 0. The first-order valence-electron chi connectivity index (χ1n) is 3.36. The van der Waals surface area contributed by atoms with E-state index in [-0.39, 0.29) is 0 Å². The second-order valence-electron chi connectivity index (χ2n) is 2.21. The van der Waals surface area contributed by atoms with Crippen LogP contribution in [0.5, 0.6) is 0 Å². The summed E-state index contributed by atoms with van der Waals surface area (Å²) in [6, 6.07) is 9.18. The molecule has 5 heteroatoms. The standard InChI is InChI=1S/C7H10N2O2S/c1-9(12(10)11)8-7-5-3-2-4-6-7/h2-6,8H,1H3,(H,10,11). The van der Waals surface area contributed by atoms with Crippen molar-refractivity contribution >= 4 is 17.0 Å². The van der Waals surface area contributed by atoms with E-state index < -0.39 is 11.3 Å². The van der Waals surface area contributed by atoms with Gasteiger partial charge in [0.2, 0.25) is 0 Å². The average Bonchev–Trinajstić information content (AvgIpc) is 2.06. The third kappa shape index (κ3) is 2.61. The smallest absolute Gasteiger partial charge is 0.252 e. The van der Waals surface area contributed by atoms with Crippen LogP contribution >= 0.6 is 0 Å². The summed E-state index contributed by atoms with van der Waals surface area (Å²) in [4.78, 5) is 0. The molecule has 1 rings (SSSR count). The number of para-hydroxylation sites is 1. The largest absolute Gasteiger partial charge is 0.306 e. The van der Waals surface area contributed by atoms with Gasteiger partial charge in [-0.3, -0.25) is 4.55 Å². The molecule has 0 spiro atoms. The molecule has 0 saturated heterocycles. The van der Waals surface area contributed by atoms with Crippen molar-refractivity contribution in [2.75, 3.05) is 12.5 Å². The first-order valence-corrected chi connectivity index (χ1v) is 4.43. The van der Waals surface area contributed by atoms with Gasteiger partial charge in [0.1, 0.15) is 0 Å². The van der Waals surface area contributed by atoms with Crippen LogP contribution in [0.4, 0.5) is 5.69 Å². The number of anilines is 1. The predicted molar refractivity (Wildman–Crippen MR) is 48.6 cm³/mol. The summed E-state index contributed by atoms with van der Waals surface area (Å²) < 4.78 is 20.2. The van der Waals surface area contributed by atoms with Crippen molar-refractivity contribution in [1.82, 2.24) is 4.41 Å². The summed E-state index contributed by atoms with van der Waals surface area (Å²) >= 11 is -1.99. The summed E-state index contributed by atoms with van der Waals surface area (Å²) in [5.41, 5.74) is 3.50. The average molecular weight is 186 g/mol. The molecule has 66 valence electrons. The van der Waals surface area contributed by atoms with Gasteiger partial charge in [-0.25, -0.2) is 4.21 Å². The Morgan fingerprint density at radius 3 is 2.50 bits per heavy atom. The lowest BCUT2D eigenvalue weighted by molar-refractivity contribution is 0.487. The summed E-state index contributed by atoms with van der Waals surface area (Å²) in [5.74, 6) is 0. The monoisotopic (exact) mass is 186 g/mol. The molecule has 4 nitrogen and oxygen atoms in total. The van der Waals surface area contributed by atoms with Crippen molar-refractivity contribution in [1.29, 1.82) is 0 Å². The van der Waals surface area contributed by atoms with Gasteiger partial charge in [-0.05, 0) is 12.1 Å². The van der Waals surface area contributed by atoms with E-state index in [4.69, 9.17) is 4.55 Å². The molecule has 1 unspecified atom stereocenters. The lowest BCUT2D eigenvalue weighted by atomic mass is 10.3. The van der Waals surface area contributed by atoms with Gasteiger partial charge >= 0.3 is 0 Å². The van der Waals surface area contributed by atoms with Gasteiger partial charge in [0, 0.05) is 7.05 Å². The molecule has 0 fully saturated rings. The fourth-order valence-electron chi connectivity index (χ4n) is 0.734. The highest BCUT2D eigenvalue weighted by molar-refractivity contribution is 7.76. The maximum absolute atomic E-state index is 10.5. The van der Waals surface area contributed by atoms with Crippen LogP contribution in [0.1, 0.15) is 0 Å². The van der Waals surface area contributed by atoms with Gasteiger partial charge in [-0.1, -0.05) is 18.2 Å². The van der Waals surface area contributed by atoms with Gasteiger partial charge in [0.25, 0.3) is 11.3 Å². The van der Waals surface area contributed by atoms with Crippen LogP contribution in [-0.4, -0.2) is 20.2 Å². The van der Waals surface area contributed by atoms with E-state index in [1.54, 1.807) is 0 Å². The number of benzene rings is 1. The lowest BCUT2D eigenvalue weighted by Crippen LogP contribution is -2.26. The molecule has 12 heavy (non-hydrogen) atoms. The second-order valence-corrected chi connectivity index (χ2v) is 3.22. The molecule has 0 radical (unpaired) electrons. The molecule has 0 bridgehead atoms. The minimum absolute atomic E-state index is 0.780. The van der Waals surface area contributed by atoms with Gasteiger partial charge in [0.15, 0.2) is 0 Å². The third-order valence-corrected chi connectivity index (χ3v) is 1.85. The zero-order chi connectivity index (χ0) is 8.97. The van der Waals surface area contributed by atoms with Crippen molar-refractivity contribution in [3.63, 3.8) is 0 Å².